The van der Waals surface area contributed by atoms with Crippen LogP contribution in [0.25, 0.3) is 0 Å². The van der Waals surface area contributed by atoms with Crippen LogP contribution in [0, 0.1) is 13.8 Å². The molecule has 1 aromatic rings. The van der Waals surface area contributed by atoms with Gasteiger partial charge in [0.2, 0.25) is 0 Å². The molecule has 1 fully saturated rings. The third kappa shape index (κ3) is 5.68. The van der Waals surface area contributed by atoms with Gasteiger partial charge in [-0.1, -0.05) is 43.4 Å². The van der Waals surface area contributed by atoms with Gasteiger partial charge in [0.05, 0.1) is 0 Å². The first kappa shape index (κ1) is 16.3. The Morgan fingerprint density at radius 3 is 2.57 bits per heavy atom. The summed E-state index contributed by atoms with van der Waals surface area (Å²) in [4.78, 5) is 0. The molecule has 2 rings (SSSR count). The number of hydrogen-bond acceptors (Lipinski definition) is 3. The van der Waals surface area contributed by atoms with E-state index in [4.69, 9.17) is 4.74 Å². The summed E-state index contributed by atoms with van der Waals surface area (Å²) in [6.07, 6.45) is 7.37. The van der Waals surface area contributed by atoms with Gasteiger partial charge in [-0.3, -0.25) is 0 Å². The zero-order valence-corrected chi connectivity index (χ0v) is 13.4. The normalized spacial score (nSPS) is 18.2. The van der Waals surface area contributed by atoms with Crippen molar-refractivity contribution in [2.45, 2.75) is 64.5 Å². The van der Waals surface area contributed by atoms with Gasteiger partial charge in [0.25, 0.3) is 0 Å². The Kier molecular flexibility index (Phi) is 6.52. The molecule has 3 heteroatoms. The minimum atomic E-state index is -0.450. The molecule has 0 unspecified atom stereocenters. The Morgan fingerprint density at radius 2 is 1.90 bits per heavy atom. The zero-order chi connectivity index (χ0) is 15.1. The smallest absolute Gasteiger partial charge is 0.122 e. The van der Waals surface area contributed by atoms with Crippen LogP contribution in [0.3, 0.4) is 0 Å². The summed E-state index contributed by atoms with van der Waals surface area (Å²) in [5.74, 6) is 0.870. The quantitative estimate of drug-likeness (QED) is 0.790. The van der Waals surface area contributed by atoms with E-state index in [1.165, 1.54) is 44.1 Å². The van der Waals surface area contributed by atoms with Gasteiger partial charge in [-0.25, -0.2) is 0 Å². The number of aliphatic hydroxyl groups excluding tert-OH is 1. The highest BCUT2D eigenvalue weighted by molar-refractivity contribution is 5.35. The molecule has 0 saturated heterocycles. The van der Waals surface area contributed by atoms with E-state index >= 15 is 0 Å². The fourth-order valence-corrected chi connectivity index (χ4v) is 2.99. The molecule has 0 bridgehead atoms. The average molecular weight is 291 g/mol. The minimum Gasteiger partial charge on any atom is -0.491 e. The number of rotatable bonds is 6. The topological polar surface area (TPSA) is 41.5 Å². The van der Waals surface area contributed by atoms with Gasteiger partial charge < -0.3 is 15.2 Å². The molecule has 118 valence electrons. The molecule has 3 nitrogen and oxygen atoms in total. The van der Waals surface area contributed by atoms with Crippen molar-refractivity contribution in [2.24, 2.45) is 0 Å². The Balaban J connectivity index is 1.70. The molecule has 0 aromatic heterocycles. The first-order chi connectivity index (χ1) is 10.1. The summed E-state index contributed by atoms with van der Waals surface area (Å²) in [7, 11) is 0. The van der Waals surface area contributed by atoms with Crippen molar-refractivity contribution < 1.29 is 9.84 Å². The van der Waals surface area contributed by atoms with E-state index in [1.54, 1.807) is 0 Å². The second-order valence-electron chi connectivity index (χ2n) is 6.33. The molecule has 2 N–H and O–H groups in total. The maximum Gasteiger partial charge on any atom is 0.122 e. The van der Waals surface area contributed by atoms with Gasteiger partial charge in [0.15, 0.2) is 0 Å². The van der Waals surface area contributed by atoms with Gasteiger partial charge >= 0.3 is 0 Å². The van der Waals surface area contributed by atoms with Crippen molar-refractivity contribution in [1.29, 1.82) is 0 Å². The lowest BCUT2D eigenvalue weighted by molar-refractivity contribution is 0.102. The van der Waals surface area contributed by atoms with Crippen LogP contribution in [-0.4, -0.2) is 30.4 Å². The lowest BCUT2D eigenvalue weighted by Crippen LogP contribution is -2.37. The number of ether oxygens (including phenoxy) is 1. The Bertz CT molecular complexity index is 425. The van der Waals surface area contributed by atoms with Crippen LogP contribution in [0.4, 0.5) is 0 Å². The van der Waals surface area contributed by atoms with Gasteiger partial charge in [0, 0.05) is 12.6 Å². The second-order valence-corrected chi connectivity index (χ2v) is 6.33. The largest absolute Gasteiger partial charge is 0.491 e. The number of benzene rings is 1. The maximum absolute atomic E-state index is 10.1. The van der Waals surface area contributed by atoms with Crippen LogP contribution < -0.4 is 10.1 Å². The number of hydrogen-bond donors (Lipinski definition) is 2. The molecule has 0 heterocycles. The maximum atomic E-state index is 10.1. The summed E-state index contributed by atoms with van der Waals surface area (Å²) in [6, 6.07) is 6.70. The Hall–Kier alpha value is -1.06. The van der Waals surface area contributed by atoms with E-state index in [1.807, 2.05) is 19.1 Å². The highest BCUT2D eigenvalue weighted by Crippen LogP contribution is 2.19. The third-order valence-corrected chi connectivity index (χ3v) is 4.26. The molecule has 1 atom stereocenters. The SMILES string of the molecule is Cc1ccc(OC[C@@H](O)CNC2CCCCCC2)c(C)c1. The third-order valence-electron chi connectivity index (χ3n) is 4.26. The van der Waals surface area contributed by atoms with Crippen LogP contribution in [-0.2, 0) is 0 Å². The first-order valence-electron chi connectivity index (χ1n) is 8.26. The van der Waals surface area contributed by atoms with Gasteiger partial charge in [-0.2, -0.15) is 0 Å². The van der Waals surface area contributed by atoms with Gasteiger partial charge in [0.1, 0.15) is 18.5 Å². The number of aliphatic hydroxyl groups is 1. The summed E-state index contributed by atoms with van der Waals surface area (Å²) in [5.41, 5.74) is 2.36. The van der Waals surface area contributed by atoms with Crippen LogP contribution in [0.1, 0.15) is 49.7 Å². The molecule has 0 amide bonds. The van der Waals surface area contributed by atoms with Crippen LogP contribution in [0.2, 0.25) is 0 Å². The lowest BCUT2D eigenvalue weighted by Gasteiger charge is -2.19. The molecular formula is C18H29NO2. The first-order valence-corrected chi connectivity index (χ1v) is 8.26. The lowest BCUT2D eigenvalue weighted by atomic mass is 10.1. The molecule has 0 spiro atoms. The molecular weight excluding hydrogens is 262 g/mol. The van der Waals surface area contributed by atoms with E-state index in [0.717, 1.165) is 11.3 Å². The second kappa shape index (κ2) is 8.40. The van der Waals surface area contributed by atoms with Crippen molar-refractivity contribution in [3.8, 4) is 5.75 Å². The summed E-state index contributed by atoms with van der Waals surface area (Å²) in [6.45, 7) is 5.08. The van der Waals surface area contributed by atoms with E-state index < -0.39 is 6.10 Å². The zero-order valence-electron chi connectivity index (χ0n) is 13.4. The van der Waals surface area contributed by atoms with E-state index in [-0.39, 0.29) is 0 Å². The van der Waals surface area contributed by atoms with Crippen LogP contribution in [0.15, 0.2) is 18.2 Å². The van der Waals surface area contributed by atoms with Crippen LogP contribution in [0.5, 0.6) is 5.75 Å². The fourth-order valence-electron chi connectivity index (χ4n) is 2.99. The highest BCUT2D eigenvalue weighted by atomic mass is 16.5. The molecule has 1 aromatic carbocycles. The van der Waals surface area contributed by atoms with Crippen molar-refractivity contribution in [1.82, 2.24) is 5.32 Å². The predicted molar refractivity (Wildman–Crippen MR) is 86.9 cm³/mol. The molecule has 1 aliphatic rings. The van der Waals surface area contributed by atoms with Crippen molar-refractivity contribution in [3.63, 3.8) is 0 Å². The molecule has 1 saturated carbocycles. The van der Waals surface area contributed by atoms with E-state index in [0.29, 0.717) is 19.2 Å². The Morgan fingerprint density at radius 1 is 1.19 bits per heavy atom. The standard InChI is InChI=1S/C18H29NO2/c1-14-9-10-18(15(2)11-14)21-13-17(20)12-19-16-7-5-3-4-6-8-16/h9-11,16-17,19-20H,3-8,12-13H2,1-2H3/t17-/m0/s1. The molecule has 21 heavy (non-hydrogen) atoms. The van der Waals surface area contributed by atoms with Crippen molar-refractivity contribution >= 4 is 0 Å². The summed E-state index contributed by atoms with van der Waals surface area (Å²) in [5, 5.41) is 13.6. The van der Waals surface area contributed by atoms with Crippen molar-refractivity contribution in [2.75, 3.05) is 13.2 Å². The van der Waals surface area contributed by atoms with E-state index in [9.17, 15) is 5.11 Å². The number of aryl methyl sites for hydroxylation is 2. The summed E-state index contributed by atoms with van der Waals surface area (Å²) < 4.78 is 5.73. The average Bonchev–Trinajstić information content (AvgIpc) is 2.73. The molecule has 1 aliphatic carbocycles. The molecule has 0 aliphatic heterocycles. The Labute approximate surface area is 128 Å². The minimum absolute atomic E-state index is 0.351. The molecule has 0 radical (unpaired) electrons. The monoisotopic (exact) mass is 291 g/mol. The highest BCUT2D eigenvalue weighted by Gasteiger charge is 2.14. The van der Waals surface area contributed by atoms with Gasteiger partial charge in [-0.15, -0.1) is 0 Å². The van der Waals surface area contributed by atoms with Gasteiger partial charge in [-0.05, 0) is 38.3 Å². The van der Waals surface area contributed by atoms with E-state index in [2.05, 4.69) is 18.3 Å². The van der Waals surface area contributed by atoms with Crippen LogP contribution >= 0.6 is 0 Å². The predicted octanol–water partition coefficient (Wildman–Crippen LogP) is 3.36. The fraction of sp³-hybridized carbons (Fsp3) is 0.667. The summed E-state index contributed by atoms with van der Waals surface area (Å²) >= 11 is 0. The number of nitrogens with one attached hydrogen (secondary N) is 1. The van der Waals surface area contributed by atoms with Crippen molar-refractivity contribution in [3.05, 3.63) is 29.3 Å².